The van der Waals surface area contributed by atoms with Crippen LogP contribution >= 0.6 is 0 Å². The summed E-state index contributed by atoms with van der Waals surface area (Å²) in [6, 6.07) is 5.14. The molecule has 0 aliphatic carbocycles. The van der Waals surface area contributed by atoms with Crippen molar-refractivity contribution in [3.8, 4) is 12.3 Å². The van der Waals surface area contributed by atoms with Gasteiger partial charge in [0.1, 0.15) is 0 Å². The zero-order valence-electron chi connectivity index (χ0n) is 11.2. The molecule has 1 N–H and O–H groups in total. The van der Waals surface area contributed by atoms with E-state index in [-0.39, 0.29) is 12.5 Å². The van der Waals surface area contributed by atoms with Gasteiger partial charge in [0.2, 0.25) is 0 Å². The molecule has 1 aromatic rings. The minimum atomic E-state index is -3.43. The number of anilines is 1. The number of halogens is 2. The van der Waals surface area contributed by atoms with Crippen molar-refractivity contribution in [3.63, 3.8) is 0 Å². The summed E-state index contributed by atoms with van der Waals surface area (Å²) in [5, 5.41) is 9.70. The van der Waals surface area contributed by atoms with E-state index in [4.69, 9.17) is 6.42 Å². The maximum atomic E-state index is 13.6. The third kappa shape index (κ3) is 1.95. The molecule has 2 aliphatic rings. The topological polar surface area (TPSA) is 57.1 Å². The first-order valence-electron chi connectivity index (χ1n) is 6.31. The molecule has 0 fully saturated rings. The Labute approximate surface area is 120 Å². The van der Waals surface area contributed by atoms with E-state index in [0.717, 1.165) is 5.56 Å². The van der Waals surface area contributed by atoms with Crippen molar-refractivity contribution >= 4 is 11.6 Å². The Morgan fingerprint density at radius 1 is 1.52 bits per heavy atom. The normalized spacial score (nSPS) is 18.4. The Morgan fingerprint density at radius 3 is 2.86 bits per heavy atom. The number of carbonyl (C=O) groups excluding carboxylic acids is 1. The third-order valence-electron chi connectivity index (χ3n) is 3.70. The lowest BCUT2D eigenvalue weighted by molar-refractivity contribution is 0.0215. The van der Waals surface area contributed by atoms with Gasteiger partial charge in [-0.15, -0.1) is 16.7 Å². The van der Waals surface area contributed by atoms with E-state index in [9.17, 15) is 13.6 Å². The molecule has 0 unspecified atom stereocenters. The summed E-state index contributed by atoms with van der Waals surface area (Å²) < 4.78 is 27.1. The van der Waals surface area contributed by atoms with Crippen LogP contribution in [0.1, 0.15) is 15.9 Å². The van der Waals surface area contributed by atoms with Crippen LogP contribution in [0.3, 0.4) is 0 Å². The summed E-state index contributed by atoms with van der Waals surface area (Å²) in [5.74, 6) is -2.09. The number of benzene rings is 1. The highest BCUT2D eigenvalue weighted by molar-refractivity contribution is 5.99. The first kappa shape index (κ1) is 13.5. The second-order valence-corrected chi connectivity index (χ2v) is 5.08. The Kier molecular flexibility index (Phi) is 2.73. The molecule has 21 heavy (non-hydrogen) atoms. The number of hydrogen-bond acceptors (Lipinski definition) is 4. The Morgan fingerprint density at radius 2 is 2.24 bits per heavy atom. The highest BCUT2D eigenvalue weighted by Gasteiger charge is 2.61. The van der Waals surface area contributed by atoms with E-state index >= 15 is 0 Å². The molecule has 2 aliphatic heterocycles. The summed E-state index contributed by atoms with van der Waals surface area (Å²) >= 11 is 0. The van der Waals surface area contributed by atoms with Crippen LogP contribution in [0.4, 0.5) is 14.5 Å². The van der Waals surface area contributed by atoms with Gasteiger partial charge in [-0.25, -0.2) is 0 Å². The van der Waals surface area contributed by atoms with E-state index in [0.29, 0.717) is 17.8 Å². The average molecular weight is 290 g/mol. The Balaban J connectivity index is 1.80. The van der Waals surface area contributed by atoms with Crippen LogP contribution < -0.4 is 5.32 Å². The fourth-order valence-electron chi connectivity index (χ4n) is 2.34. The lowest BCUT2D eigenvalue weighted by Gasteiger charge is -2.19. The van der Waals surface area contributed by atoms with Crippen LogP contribution in [0, 0.1) is 12.3 Å². The number of nitrogens with zero attached hydrogens (tertiary/aromatic N) is 3. The van der Waals surface area contributed by atoms with Crippen molar-refractivity contribution in [2.45, 2.75) is 18.1 Å². The highest BCUT2D eigenvalue weighted by Crippen LogP contribution is 2.43. The fraction of sp³-hybridized carbons (Fsp3) is 0.357. The summed E-state index contributed by atoms with van der Waals surface area (Å²) in [5.41, 5.74) is 0.0865. The lowest BCUT2D eigenvalue weighted by Crippen LogP contribution is -2.41. The number of fused-ring (bicyclic) bond motifs is 1. The van der Waals surface area contributed by atoms with E-state index in [1.54, 1.807) is 30.1 Å². The number of rotatable bonds is 4. The van der Waals surface area contributed by atoms with E-state index in [1.165, 1.54) is 5.92 Å². The molecule has 0 spiro atoms. The van der Waals surface area contributed by atoms with Crippen LogP contribution in [-0.4, -0.2) is 36.0 Å². The Bertz CT molecular complexity index is 687. The molecule has 0 radical (unpaired) electrons. The van der Waals surface area contributed by atoms with Gasteiger partial charge in [0.25, 0.3) is 11.6 Å². The predicted molar refractivity (Wildman–Crippen MR) is 72.1 cm³/mol. The van der Waals surface area contributed by atoms with Crippen LogP contribution in [0.25, 0.3) is 0 Å². The van der Waals surface area contributed by atoms with Gasteiger partial charge in [0.05, 0.1) is 6.54 Å². The number of amides is 1. The molecular formula is C14H12F2N4O. The maximum Gasteiger partial charge on any atom is 0.357 e. The largest absolute Gasteiger partial charge is 0.380 e. The predicted octanol–water partition coefficient (Wildman–Crippen LogP) is 2.11. The second-order valence-electron chi connectivity index (χ2n) is 5.08. The fourth-order valence-corrected chi connectivity index (χ4v) is 2.34. The molecule has 3 rings (SSSR count). The van der Waals surface area contributed by atoms with Gasteiger partial charge < -0.3 is 10.2 Å². The van der Waals surface area contributed by atoms with Gasteiger partial charge in [0.15, 0.2) is 0 Å². The first-order valence-corrected chi connectivity index (χ1v) is 6.31. The van der Waals surface area contributed by atoms with Crippen LogP contribution in [0.2, 0.25) is 0 Å². The molecular weight excluding hydrogens is 278 g/mol. The van der Waals surface area contributed by atoms with Crippen LogP contribution in [0.5, 0.6) is 0 Å². The molecule has 108 valence electrons. The van der Waals surface area contributed by atoms with Crippen LogP contribution in [-0.2, 0) is 6.54 Å². The van der Waals surface area contributed by atoms with Gasteiger partial charge in [-0.05, 0) is 18.1 Å². The van der Waals surface area contributed by atoms with Gasteiger partial charge in [0, 0.05) is 30.4 Å². The Hall–Kier alpha value is -2.49. The summed E-state index contributed by atoms with van der Waals surface area (Å²) in [7, 11) is 1.69. The summed E-state index contributed by atoms with van der Waals surface area (Å²) in [6.45, 7) is 0.225. The van der Waals surface area contributed by atoms with E-state index in [2.05, 4.69) is 15.5 Å². The van der Waals surface area contributed by atoms with Crippen molar-refractivity contribution in [1.82, 2.24) is 4.90 Å². The minimum Gasteiger partial charge on any atom is -0.380 e. The van der Waals surface area contributed by atoms with Crippen molar-refractivity contribution in [2.24, 2.45) is 10.2 Å². The van der Waals surface area contributed by atoms with Crippen molar-refractivity contribution in [1.29, 1.82) is 0 Å². The number of carbonyl (C=O) groups is 1. The molecule has 1 amide bonds. The van der Waals surface area contributed by atoms with E-state index in [1.807, 2.05) is 0 Å². The van der Waals surface area contributed by atoms with Crippen molar-refractivity contribution < 1.29 is 13.6 Å². The molecule has 0 bridgehead atoms. The molecule has 0 aromatic heterocycles. The smallest absolute Gasteiger partial charge is 0.357 e. The minimum absolute atomic E-state index is 0.0851. The number of alkyl halides is 2. The standard InChI is InChI=1S/C14H12F2N4O/c1-3-13(15,16)14(18-19-14)8-17-11-6-4-5-9-10(11)7-20(2)12(9)21/h1,4-6,17H,7-8H2,2H3. The maximum absolute atomic E-state index is 13.6. The zero-order valence-corrected chi connectivity index (χ0v) is 11.2. The van der Waals surface area contributed by atoms with Gasteiger partial charge in [-0.1, -0.05) is 6.07 Å². The molecule has 0 atom stereocenters. The quantitative estimate of drug-likeness (QED) is 0.863. The third-order valence-corrected chi connectivity index (χ3v) is 3.70. The van der Waals surface area contributed by atoms with Gasteiger partial charge in [-0.2, -0.15) is 8.78 Å². The van der Waals surface area contributed by atoms with Crippen LogP contribution in [0.15, 0.2) is 28.4 Å². The molecule has 5 nitrogen and oxygen atoms in total. The van der Waals surface area contributed by atoms with Crippen molar-refractivity contribution in [3.05, 3.63) is 29.3 Å². The molecule has 7 heteroatoms. The lowest BCUT2D eigenvalue weighted by atomic mass is 10.1. The zero-order chi connectivity index (χ0) is 15.3. The summed E-state index contributed by atoms with van der Waals surface area (Å²) in [4.78, 5) is 13.4. The highest BCUT2D eigenvalue weighted by atomic mass is 19.3. The molecule has 1 aromatic carbocycles. The SMILES string of the molecule is C#CC(F)(F)C1(CNc2cccc3c2CN(C)C3=O)N=N1. The molecule has 2 heterocycles. The first-order chi connectivity index (χ1) is 9.90. The number of terminal acetylenes is 1. The van der Waals surface area contributed by atoms with Gasteiger partial charge >= 0.3 is 5.92 Å². The van der Waals surface area contributed by atoms with E-state index < -0.39 is 11.6 Å². The van der Waals surface area contributed by atoms with Gasteiger partial charge in [-0.3, -0.25) is 4.79 Å². The monoisotopic (exact) mass is 290 g/mol. The summed E-state index contributed by atoms with van der Waals surface area (Å²) in [6.07, 6.45) is 4.83. The van der Waals surface area contributed by atoms with Crippen molar-refractivity contribution in [2.75, 3.05) is 18.9 Å². The second kappa shape index (κ2) is 4.25. The number of hydrogen-bond donors (Lipinski definition) is 1. The molecule has 0 saturated heterocycles. The number of nitrogens with one attached hydrogen (secondary N) is 1. The molecule has 0 saturated carbocycles. The average Bonchev–Trinajstić information content (AvgIpc) is 3.21.